The van der Waals surface area contributed by atoms with Crippen LogP contribution >= 0.6 is 0 Å². The number of nitrogens with zero attached hydrogens (tertiary/aromatic N) is 3. The number of aromatic nitrogens is 1. The Morgan fingerprint density at radius 1 is 1.07 bits per heavy atom. The third-order valence-electron chi connectivity index (χ3n) is 4.94. The lowest BCUT2D eigenvalue weighted by molar-refractivity contribution is -0.117. The maximum Gasteiger partial charge on any atom is 0.238 e. The van der Waals surface area contributed by atoms with Gasteiger partial charge in [-0.15, -0.1) is 0 Å². The number of carbonyl (C=O) groups is 1. The molecule has 3 rings (SSSR count). The number of ether oxygens (including phenoxy) is 1. The van der Waals surface area contributed by atoms with Crippen LogP contribution < -0.4 is 10.6 Å². The molecule has 1 aliphatic rings. The van der Waals surface area contributed by atoms with E-state index in [-0.39, 0.29) is 5.91 Å². The summed E-state index contributed by atoms with van der Waals surface area (Å²) < 4.78 is 5.34. The minimum atomic E-state index is 0.000526. The maximum atomic E-state index is 12.5. The average molecular weight is 398 g/mol. The standard InChI is InChI=1S/C22H31N5O2/c1-2-29-15-10-24-21-16-23-9-8-20(21)25-22(28)18-27-13-11-26(12-14-27)17-19-6-4-3-5-7-19/h3-9,16,24H,2,10-15,17-18H2,1H3,(H,23,25,28). The highest BCUT2D eigenvalue weighted by Gasteiger charge is 2.19. The van der Waals surface area contributed by atoms with E-state index in [1.54, 1.807) is 12.4 Å². The van der Waals surface area contributed by atoms with Crippen molar-refractivity contribution < 1.29 is 9.53 Å². The van der Waals surface area contributed by atoms with Crippen LogP contribution in [0.15, 0.2) is 48.8 Å². The van der Waals surface area contributed by atoms with Crippen LogP contribution in [0, 0.1) is 0 Å². The van der Waals surface area contributed by atoms with Gasteiger partial charge in [-0.1, -0.05) is 30.3 Å². The van der Waals surface area contributed by atoms with Crippen molar-refractivity contribution in [2.45, 2.75) is 13.5 Å². The van der Waals surface area contributed by atoms with Gasteiger partial charge in [0, 0.05) is 52.1 Å². The van der Waals surface area contributed by atoms with Crippen LogP contribution in [0.4, 0.5) is 11.4 Å². The lowest BCUT2D eigenvalue weighted by Crippen LogP contribution is -2.48. The summed E-state index contributed by atoms with van der Waals surface area (Å²) in [5.74, 6) is 0.000526. The number of pyridine rings is 1. The van der Waals surface area contributed by atoms with Crippen molar-refractivity contribution in [2.24, 2.45) is 0 Å². The number of amides is 1. The molecule has 0 atom stereocenters. The number of anilines is 2. The van der Waals surface area contributed by atoms with Crippen molar-refractivity contribution >= 4 is 17.3 Å². The Hall–Kier alpha value is -2.48. The Balaban J connectivity index is 1.42. The molecule has 1 aliphatic heterocycles. The largest absolute Gasteiger partial charge is 0.380 e. The molecule has 0 unspecified atom stereocenters. The average Bonchev–Trinajstić information content (AvgIpc) is 2.74. The molecule has 0 bridgehead atoms. The molecule has 2 N–H and O–H groups in total. The molecule has 7 nitrogen and oxygen atoms in total. The van der Waals surface area contributed by atoms with Crippen LogP contribution in [0.1, 0.15) is 12.5 Å². The van der Waals surface area contributed by atoms with Crippen LogP contribution in [0.25, 0.3) is 0 Å². The van der Waals surface area contributed by atoms with E-state index in [0.717, 1.165) is 44.1 Å². The second-order valence-corrected chi connectivity index (χ2v) is 7.13. The first kappa shape index (κ1) is 21.2. The molecule has 2 aromatic rings. The predicted octanol–water partition coefficient (Wildman–Crippen LogP) is 2.29. The Bertz CT molecular complexity index is 748. The number of rotatable bonds is 10. The molecule has 0 radical (unpaired) electrons. The van der Waals surface area contributed by atoms with Gasteiger partial charge >= 0.3 is 0 Å². The highest BCUT2D eigenvalue weighted by molar-refractivity contribution is 5.95. The van der Waals surface area contributed by atoms with E-state index in [2.05, 4.69) is 49.7 Å². The smallest absolute Gasteiger partial charge is 0.238 e. The second kappa shape index (κ2) is 11.5. The van der Waals surface area contributed by atoms with Gasteiger partial charge in [-0.05, 0) is 18.6 Å². The Morgan fingerprint density at radius 3 is 2.59 bits per heavy atom. The maximum absolute atomic E-state index is 12.5. The van der Waals surface area contributed by atoms with Crippen LogP contribution in [0.3, 0.4) is 0 Å². The molecule has 1 saturated heterocycles. The summed E-state index contributed by atoms with van der Waals surface area (Å²) in [5, 5.41) is 6.28. The molecule has 1 amide bonds. The van der Waals surface area contributed by atoms with E-state index in [1.807, 2.05) is 19.1 Å². The van der Waals surface area contributed by atoms with Crippen molar-refractivity contribution in [3.05, 3.63) is 54.4 Å². The zero-order valence-corrected chi connectivity index (χ0v) is 17.1. The predicted molar refractivity (Wildman–Crippen MR) is 116 cm³/mol. The van der Waals surface area contributed by atoms with E-state index in [9.17, 15) is 4.79 Å². The van der Waals surface area contributed by atoms with Gasteiger partial charge in [0.05, 0.1) is 30.7 Å². The fourth-order valence-corrected chi connectivity index (χ4v) is 3.39. The molecular formula is C22H31N5O2. The molecule has 0 aliphatic carbocycles. The fourth-order valence-electron chi connectivity index (χ4n) is 3.39. The zero-order valence-electron chi connectivity index (χ0n) is 17.1. The highest BCUT2D eigenvalue weighted by Crippen LogP contribution is 2.19. The number of carbonyl (C=O) groups excluding carboxylic acids is 1. The van der Waals surface area contributed by atoms with Gasteiger partial charge < -0.3 is 15.4 Å². The monoisotopic (exact) mass is 397 g/mol. The molecule has 2 heterocycles. The van der Waals surface area contributed by atoms with Gasteiger partial charge in [-0.3, -0.25) is 19.6 Å². The molecular weight excluding hydrogens is 366 g/mol. The van der Waals surface area contributed by atoms with Crippen molar-refractivity contribution in [1.29, 1.82) is 0 Å². The van der Waals surface area contributed by atoms with E-state index < -0.39 is 0 Å². The number of hydrogen-bond donors (Lipinski definition) is 2. The zero-order chi connectivity index (χ0) is 20.3. The number of piperazine rings is 1. The molecule has 1 aromatic carbocycles. The number of hydrogen-bond acceptors (Lipinski definition) is 6. The van der Waals surface area contributed by atoms with Gasteiger partial charge in [0.15, 0.2) is 0 Å². The topological polar surface area (TPSA) is 69.7 Å². The third-order valence-corrected chi connectivity index (χ3v) is 4.94. The van der Waals surface area contributed by atoms with Crippen LogP contribution in [-0.2, 0) is 16.1 Å². The first-order valence-electron chi connectivity index (χ1n) is 10.3. The molecule has 1 aromatic heterocycles. The number of benzene rings is 1. The minimum Gasteiger partial charge on any atom is -0.380 e. The summed E-state index contributed by atoms with van der Waals surface area (Å²) >= 11 is 0. The van der Waals surface area contributed by atoms with Crippen LogP contribution in [-0.4, -0.2) is 73.2 Å². The quantitative estimate of drug-likeness (QED) is 0.600. The van der Waals surface area contributed by atoms with Crippen LogP contribution in [0.2, 0.25) is 0 Å². The Kier molecular flexibility index (Phi) is 8.42. The first-order valence-corrected chi connectivity index (χ1v) is 10.3. The van der Waals surface area contributed by atoms with Gasteiger partial charge in [0.1, 0.15) is 0 Å². The highest BCUT2D eigenvalue weighted by atomic mass is 16.5. The van der Waals surface area contributed by atoms with Crippen LogP contribution in [0.5, 0.6) is 0 Å². The summed E-state index contributed by atoms with van der Waals surface area (Å²) in [5.41, 5.74) is 2.90. The van der Waals surface area contributed by atoms with Crippen molar-refractivity contribution in [2.75, 3.05) is 63.1 Å². The summed E-state index contributed by atoms with van der Waals surface area (Å²) in [6.07, 6.45) is 3.41. The van der Waals surface area contributed by atoms with E-state index in [1.165, 1.54) is 5.56 Å². The van der Waals surface area contributed by atoms with Crippen molar-refractivity contribution in [3.8, 4) is 0 Å². The first-order chi connectivity index (χ1) is 14.2. The van der Waals surface area contributed by atoms with Crippen molar-refractivity contribution in [1.82, 2.24) is 14.8 Å². The van der Waals surface area contributed by atoms with Gasteiger partial charge in [-0.25, -0.2) is 0 Å². The summed E-state index contributed by atoms with van der Waals surface area (Å²) in [4.78, 5) is 21.3. The second-order valence-electron chi connectivity index (χ2n) is 7.13. The summed E-state index contributed by atoms with van der Waals surface area (Å²) in [7, 11) is 0. The fraction of sp³-hybridized carbons (Fsp3) is 0.455. The van der Waals surface area contributed by atoms with Crippen molar-refractivity contribution in [3.63, 3.8) is 0 Å². The lowest BCUT2D eigenvalue weighted by Gasteiger charge is -2.34. The van der Waals surface area contributed by atoms with E-state index in [0.29, 0.717) is 26.3 Å². The lowest BCUT2D eigenvalue weighted by atomic mass is 10.2. The molecule has 0 spiro atoms. The molecule has 1 fully saturated rings. The minimum absolute atomic E-state index is 0.000526. The molecule has 29 heavy (non-hydrogen) atoms. The van der Waals surface area contributed by atoms with Gasteiger partial charge in [0.2, 0.25) is 5.91 Å². The SMILES string of the molecule is CCOCCNc1cnccc1NC(=O)CN1CCN(Cc2ccccc2)CC1. The van der Waals surface area contributed by atoms with E-state index >= 15 is 0 Å². The Morgan fingerprint density at radius 2 is 1.83 bits per heavy atom. The third kappa shape index (κ3) is 7.12. The summed E-state index contributed by atoms with van der Waals surface area (Å²) in [6, 6.07) is 12.3. The summed E-state index contributed by atoms with van der Waals surface area (Å²) in [6.45, 7) is 9.07. The molecule has 0 saturated carbocycles. The molecule has 156 valence electrons. The van der Waals surface area contributed by atoms with Gasteiger partial charge in [0.25, 0.3) is 0 Å². The molecule has 7 heteroatoms. The van der Waals surface area contributed by atoms with E-state index in [4.69, 9.17) is 4.74 Å². The Labute approximate surface area is 173 Å². The van der Waals surface area contributed by atoms with Gasteiger partial charge in [-0.2, -0.15) is 0 Å². The normalized spacial score (nSPS) is 15.2. The number of nitrogens with one attached hydrogen (secondary N) is 2.